The molecule has 4 heteroatoms. The molecule has 4 nitrogen and oxygen atoms in total. The number of allylic oxidation sites excluding steroid dienone is 1. The van der Waals surface area contributed by atoms with Crippen LogP contribution in [0.4, 0.5) is 0 Å². The van der Waals surface area contributed by atoms with E-state index in [4.69, 9.17) is 15.7 Å². The molecule has 0 aromatic rings. The molecule has 13 heavy (non-hydrogen) atoms. The van der Waals surface area contributed by atoms with Gasteiger partial charge in [-0.1, -0.05) is 0 Å². The van der Waals surface area contributed by atoms with Gasteiger partial charge >= 0.3 is 0 Å². The van der Waals surface area contributed by atoms with Gasteiger partial charge in [0.15, 0.2) is 0 Å². The summed E-state index contributed by atoms with van der Waals surface area (Å²) in [6.45, 7) is 5.70. The molecule has 0 spiro atoms. The third-order valence-electron chi connectivity index (χ3n) is 2.10. The van der Waals surface area contributed by atoms with Crippen LogP contribution in [0.1, 0.15) is 6.92 Å². The minimum Gasteiger partial charge on any atom is -0.401 e. The Hall–Kier alpha value is -1.05. The van der Waals surface area contributed by atoms with Crippen LogP contribution in [0.15, 0.2) is 11.3 Å². The van der Waals surface area contributed by atoms with E-state index in [0.29, 0.717) is 17.8 Å². The highest BCUT2D eigenvalue weighted by Gasteiger charge is 2.12. The minimum absolute atomic E-state index is 0.619. The second-order valence-electron chi connectivity index (χ2n) is 3.16. The molecule has 0 amide bonds. The first kappa shape index (κ1) is 10.0. The zero-order chi connectivity index (χ0) is 9.68. The lowest BCUT2D eigenvalue weighted by molar-refractivity contribution is 0.0426. The molecule has 1 aliphatic rings. The van der Waals surface area contributed by atoms with Gasteiger partial charge in [-0.3, -0.25) is 4.90 Å². The summed E-state index contributed by atoms with van der Waals surface area (Å²) in [5, 5.41) is 8.78. The van der Waals surface area contributed by atoms with Crippen LogP contribution in [0.25, 0.3) is 0 Å². The number of morpholine rings is 1. The zero-order valence-electron chi connectivity index (χ0n) is 7.92. The minimum atomic E-state index is 0.619. The molecule has 0 atom stereocenters. The Morgan fingerprint density at radius 2 is 2.15 bits per heavy atom. The van der Waals surface area contributed by atoms with E-state index in [9.17, 15) is 0 Å². The van der Waals surface area contributed by atoms with Crippen molar-refractivity contribution in [1.29, 1.82) is 5.26 Å². The first-order chi connectivity index (χ1) is 6.24. The van der Waals surface area contributed by atoms with Gasteiger partial charge < -0.3 is 10.5 Å². The molecule has 0 saturated carbocycles. The number of hydrogen-bond acceptors (Lipinski definition) is 4. The molecule has 0 radical (unpaired) electrons. The van der Waals surface area contributed by atoms with E-state index in [1.54, 1.807) is 6.92 Å². The Bertz CT molecular complexity index is 232. The normalized spacial score (nSPS) is 20.6. The van der Waals surface area contributed by atoms with E-state index in [1.807, 2.05) is 0 Å². The second-order valence-corrected chi connectivity index (χ2v) is 3.16. The van der Waals surface area contributed by atoms with Crippen molar-refractivity contribution in [2.75, 3.05) is 32.8 Å². The van der Waals surface area contributed by atoms with Crippen molar-refractivity contribution >= 4 is 0 Å². The van der Waals surface area contributed by atoms with Crippen molar-refractivity contribution in [3.63, 3.8) is 0 Å². The predicted octanol–water partition coefficient (Wildman–Crippen LogP) is 0.0749. The first-order valence-corrected chi connectivity index (χ1v) is 4.39. The van der Waals surface area contributed by atoms with Gasteiger partial charge in [0, 0.05) is 25.3 Å². The molecule has 1 saturated heterocycles. The standard InChI is InChI=1S/C9H15N3O/c1-8(11)9(6-10)7-12-2-4-13-5-3-12/h2-5,7,11H2,1H3/b9-8-. The average Bonchev–Trinajstić information content (AvgIpc) is 2.15. The van der Waals surface area contributed by atoms with Crippen molar-refractivity contribution in [1.82, 2.24) is 4.90 Å². The summed E-state index contributed by atoms with van der Waals surface area (Å²) in [4.78, 5) is 2.18. The van der Waals surface area contributed by atoms with Crippen molar-refractivity contribution in [2.24, 2.45) is 5.73 Å². The quantitative estimate of drug-likeness (QED) is 0.612. The molecule has 1 heterocycles. The van der Waals surface area contributed by atoms with E-state index < -0.39 is 0 Å². The highest BCUT2D eigenvalue weighted by molar-refractivity contribution is 5.26. The van der Waals surface area contributed by atoms with Crippen LogP contribution >= 0.6 is 0 Å². The van der Waals surface area contributed by atoms with Gasteiger partial charge in [0.25, 0.3) is 0 Å². The topological polar surface area (TPSA) is 62.3 Å². The molecule has 0 bridgehead atoms. The van der Waals surface area contributed by atoms with Crippen molar-refractivity contribution in [3.8, 4) is 6.07 Å². The number of nitrogens with zero attached hydrogens (tertiary/aromatic N) is 2. The van der Waals surface area contributed by atoms with E-state index in [1.165, 1.54) is 0 Å². The van der Waals surface area contributed by atoms with Gasteiger partial charge in [-0.15, -0.1) is 0 Å². The first-order valence-electron chi connectivity index (χ1n) is 4.39. The summed E-state index contributed by atoms with van der Waals surface area (Å²) in [5.41, 5.74) is 6.85. The third kappa shape index (κ3) is 3.05. The maximum absolute atomic E-state index is 8.78. The average molecular weight is 181 g/mol. The molecule has 0 aromatic heterocycles. The number of hydrogen-bond donors (Lipinski definition) is 1. The highest BCUT2D eigenvalue weighted by Crippen LogP contribution is 2.03. The van der Waals surface area contributed by atoms with Crippen LogP contribution in [-0.2, 0) is 4.74 Å². The Morgan fingerprint density at radius 3 is 2.62 bits per heavy atom. The molecule has 2 N–H and O–H groups in total. The van der Waals surface area contributed by atoms with Crippen LogP contribution in [0, 0.1) is 11.3 Å². The predicted molar refractivity (Wildman–Crippen MR) is 49.8 cm³/mol. The Labute approximate surface area is 78.6 Å². The maximum Gasteiger partial charge on any atom is 0.0978 e. The molecule has 0 aromatic carbocycles. The summed E-state index contributed by atoms with van der Waals surface area (Å²) in [6.07, 6.45) is 0. The highest BCUT2D eigenvalue weighted by atomic mass is 16.5. The summed E-state index contributed by atoms with van der Waals surface area (Å²) in [6, 6.07) is 2.12. The molecular formula is C9H15N3O. The van der Waals surface area contributed by atoms with E-state index >= 15 is 0 Å². The van der Waals surface area contributed by atoms with Gasteiger partial charge in [-0.2, -0.15) is 5.26 Å². The van der Waals surface area contributed by atoms with Gasteiger partial charge in [0.05, 0.1) is 24.9 Å². The van der Waals surface area contributed by atoms with E-state index in [0.717, 1.165) is 26.3 Å². The Kier molecular flexibility index (Phi) is 3.74. The summed E-state index contributed by atoms with van der Waals surface area (Å²) >= 11 is 0. The van der Waals surface area contributed by atoms with Crippen molar-refractivity contribution in [2.45, 2.75) is 6.92 Å². The molecule has 1 fully saturated rings. The molecule has 1 aliphatic heterocycles. The van der Waals surface area contributed by atoms with Gasteiger partial charge in [-0.25, -0.2) is 0 Å². The van der Waals surface area contributed by atoms with Gasteiger partial charge in [0.1, 0.15) is 0 Å². The van der Waals surface area contributed by atoms with E-state index in [2.05, 4.69) is 11.0 Å². The maximum atomic E-state index is 8.78. The van der Waals surface area contributed by atoms with Crippen LogP contribution in [0.2, 0.25) is 0 Å². The number of ether oxygens (including phenoxy) is 1. The lowest BCUT2D eigenvalue weighted by Gasteiger charge is -2.26. The molecule has 1 rings (SSSR count). The second kappa shape index (κ2) is 4.85. The zero-order valence-corrected chi connectivity index (χ0v) is 7.92. The van der Waals surface area contributed by atoms with Crippen LogP contribution in [-0.4, -0.2) is 37.7 Å². The number of rotatable bonds is 2. The summed E-state index contributed by atoms with van der Waals surface area (Å²) in [5.74, 6) is 0. The van der Waals surface area contributed by atoms with E-state index in [-0.39, 0.29) is 0 Å². The lowest BCUT2D eigenvalue weighted by atomic mass is 10.2. The molecule has 0 aliphatic carbocycles. The molecule has 0 unspecified atom stereocenters. The summed E-state index contributed by atoms with van der Waals surface area (Å²) in [7, 11) is 0. The fraction of sp³-hybridized carbons (Fsp3) is 0.667. The Balaban J connectivity index is 2.47. The molecular weight excluding hydrogens is 166 g/mol. The fourth-order valence-corrected chi connectivity index (χ4v) is 1.23. The third-order valence-corrected chi connectivity index (χ3v) is 2.10. The van der Waals surface area contributed by atoms with Crippen molar-refractivity contribution < 1.29 is 4.74 Å². The van der Waals surface area contributed by atoms with Crippen LogP contribution < -0.4 is 5.73 Å². The fourth-order valence-electron chi connectivity index (χ4n) is 1.23. The largest absolute Gasteiger partial charge is 0.401 e. The lowest BCUT2D eigenvalue weighted by Crippen LogP contribution is -2.37. The van der Waals surface area contributed by atoms with Crippen molar-refractivity contribution in [3.05, 3.63) is 11.3 Å². The van der Waals surface area contributed by atoms with Crippen LogP contribution in [0.3, 0.4) is 0 Å². The Morgan fingerprint density at radius 1 is 1.54 bits per heavy atom. The van der Waals surface area contributed by atoms with Crippen LogP contribution in [0.5, 0.6) is 0 Å². The number of nitriles is 1. The number of nitrogens with two attached hydrogens (primary N) is 1. The van der Waals surface area contributed by atoms with Gasteiger partial charge in [-0.05, 0) is 6.92 Å². The van der Waals surface area contributed by atoms with Gasteiger partial charge in [0.2, 0.25) is 0 Å². The SMILES string of the molecule is C/C(N)=C(\C#N)CN1CCOCC1. The smallest absolute Gasteiger partial charge is 0.0978 e. The monoisotopic (exact) mass is 181 g/mol. The summed E-state index contributed by atoms with van der Waals surface area (Å²) < 4.78 is 5.20. The molecule has 72 valence electrons.